The van der Waals surface area contributed by atoms with E-state index in [-0.39, 0.29) is 6.73 Å². The van der Waals surface area contributed by atoms with Crippen molar-refractivity contribution >= 4 is 51.5 Å². The minimum absolute atomic E-state index is 0.252. The molecule has 0 atom stereocenters. The van der Waals surface area contributed by atoms with E-state index in [4.69, 9.17) is 44.0 Å². The number of fused-ring (bicyclic) bond motifs is 3. The van der Waals surface area contributed by atoms with Crippen LogP contribution in [0.25, 0.3) is 22.1 Å². The summed E-state index contributed by atoms with van der Waals surface area (Å²) in [5.41, 5.74) is 3.14. The lowest BCUT2D eigenvalue weighted by Crippen LogP contribution is -2.32. The summed E-state index contributed by atoms with van der Waals surface area (Å²) in [5.74, 6) is 0.513. The van der Waals surface area contributed by atoms with Gasteiger partial charge >= 0.3 is 5.63 Å². The van der Waals surface area contributed by atoms with Crippen molar-refractivity contribution in [3.63, 3.8) is 0 Å². The van der Waals surface area contributed by atoms with Gasteiger partial charge in [-0.2, -0.15) is 0 Å². The highest BCUT2D eigenvalue weighted by Crippen LogP contribution is 2.42. The van der Waals surface area contributed by atoms with E-state index in [1.165, 1.54) is 6.07 Å². The molecule has 1 aliphatic heterocycles. The molecule has 30 heavy (non-hydrogen) atoms. The molecule has 150 valence electrons. The molecule has 0 unspecified atom stereocenters. The van der Waals surface area contributed by atoms with E-state index in [1.807, 2.05) is 41.3 Å². The first kappa shape index (κ1) is 19.3. The normalized spacial score (nSPS) is 13.2. The minimum Gasteiger partial charge on any atom is -0.471 e. The van der Waals surface area contributed by atoms with Gasteiger partial charge in [-0.1, -0.05) is 65.1 Å². The zero-order valence-electron chi connectivity index (χ0n) is 15.5. The maximum absolute atomic E-state index is 12.4. The molecule has 0 aliphatic carbocycles. The van der Waals surface area contributed by atoms with Crippen LogP contribution in [-0.4, -0.2) is 6.73 Å². The Bertz CT molecular complexity index is 1340. The average molecular weight is 459 g/mol. The Kier molecular flexibility index (Phi) is 4.86. The highest BCUT2D eigenvalue weighted by molar-refractivity contribution is 6.36. The van der Waals surface area contributed by atoms with Crippen molar-refractivity contribution in [3.05, 3.63) is 91.7 Å². The predicted molar refractivity (Wildman–Crippen MR) is 121 cm³/mol. The summed E-state index contributed by atoms with van der Waals surface area (Å²) in [6, 6.07) is 18.2. The number of hydrogen-bond donors (Lipinski definition) is 0. The van der Waals surface area contributed by atoms with Gasteiger partial charge in [0.05, 0.1) is 27.8 Å². The Morgan fingerprint density at radius 2 is 1.70 bits per heavy atom. The molecule has 5 rings (SSSR count). The number of anilines is 1. The fraction of sp³-hybridized carbons (Fsp3) is 0.0870. The zero-order valence-corrected chi connectivity index (χ0v) is 17.8. The topological polar surface area (TPSA) is 42.7 Å². The second kappa shape index (κ2) is 7.55. The van der Waals surface area contributed by atoms with Gasteiger partial charge in [0, 0.05) is 16.5 Å². The first-order valence-electron chi connectivity index (χ1n) is 9.19. The Morgan fingerprint density at radius 1 is 0.900 bits per heavy atom. The molecule has 3 aromatic carbocycles. The summed E-state index contributed by atoms with van der Waals surface area (Å²) < 4.78 is 11.6. The molecule has 0 bridgehead atoms. The zero-order chi connectivity index (χ0) is 20.8. The van der Waals surface area contributed by atoms with E-state index in [2.05, 4.69) is 0 Å². The SMILES string of the molecule is O=c1cc(-c2ccccc2)c2cc(Cl)c3c(c2o1)CN(c1ccc(Cl)cc1Cl)CO3. The van der Waals surface area contributed by atoms with Gasteiger partial charge in [-0.15, -0.1) is 0 Å². The first-order valence-corrected chi connectivity index (χ1v) is 10.3. The molecule has 0 saturated carbocycles. The molecule has 2 heterocycles. The third-order valence-electron chi connectivity index (χ3n) is 5.08. The van der Waals surface area contributed by atoms with Gasteiger partial charge in [0.15, 0.2) is 6.73 Å². The Labute approximate surface area is 187 Å². The molecule has 4 nitrogen and oxygen atoms in total. The van der Waals surface area contributed by atoms with Crippen molar-refractivity contribution in [2.75, 3.05) is 11.6 Å². The number of ether oxygens (including phenoxy) is 1. The highest BCUT2D eigenvalue weighted by atomic mass is 35.5. The molecule has 0 N–H and O–H groups in total. The van der Waals surface area contributed by atoms with Gasteiger partial charge < -0.3 is 14.1 Å². The lowest BCUT2D eigenvalue weighted by atomic mass is 9.99. The summed E-state index contributed by atoms with van der Waals surface area (Å²) in [5, 5.41) is 2.27. The summed E-state index contributed by atoms with van der Waals surface area (Å²) in [6.45, 7) is 0.664. The second-order valence-electron chi connectivity index (χ2n) is 6.96. The summed E-state index contributed by atoms with van der Waals surface area (Å²) in [4.78, 5) is 14.3. The fourth-order valence-corrected chi connectivity index (χ4v) is 4.54. The van der Waals surface area contributed by atoms with Crippen molar-refractivity contribution in [1.29, 1.82) is 0 Å². The lowest BCUT2D eigenvalue weighted by Gasteiger charge is -2.32. The van der Waals surface area contributed by atoms with Crippen molar-refractivity contribution in [2.45, 2.75) is 6.54 Å². The van der Waals surface area contributed by atoms with Gasteiger partial charge in [-0.3, -0.25) is 0 Å². The first-order chi connectivity index (χ1) is 14.5. The Hall–Kier alpha value is -2.66. The number of benzene rings is 3. The van der Waals surface area contributed by atoms with Crippen molar-refractivity contribution in [2.24, 2.45) is 0 Å². The molecule has 0 radical (unpaired) electrons. The van der Waals surface area contributed by atoms with E-state index >= 15 is 0 Å². The lowest BCUT2D eigenvalue weighted by molar-refractivity contribution is 0.289. The van der Waals surface area contributed by atoms with Gasteiger partial charge in [-0.25, -0.2) is 4.79 Å². The van der Waals surface area contributed by atoms with Crippen molar-refractivity contribution in [1.82, 2.24) is 0 Å². The van der Waals surface area contributed by atoms with Crippen LogP contribution in [0.1, 0.15) is 5.56 Å². The third kappa shape index (κ3) is 3.31. The maximum Gasteiger partial charge on any atom is 0.336 e. The predicted octanol–water partition coefficient (Wildman–Crippen LogP) is 6.78. The fourth-order valence-electron chi connectivity index (χ4n) is 3.74. The summed E-state index contributed by atoms with van der Waals surface area (Å²) in [6.07, 6.45) is 0. The second-order valence-corrected chi connectivity index (χ2v) is 8.21. The van der Waals surface area contributed by atoms with Gasteiger partial charge in [0.1, 0.15) is 11.3 Å². The van der Waals surface area contributed by atoms with Crippen LogP contribution in [0.3, 0.4) is 0 Å². The van der Waals surface area contributed by atoms with E-state index in [0.29, 0.717) is 38.5 Å². The van der Waals surface area contributed by atoms with Crippen LogP contribution >= 0.6 is 34.8 Å². The molecule has 0 spiro atoms. The van der Waals surface area contributed by atoms with E-state index in [1.54, 1.807) is 18.2 Å². The van der Waals surface area contributed by atoms with Gasteiger partial charge in [-0.05, 0) is 35.4 Å². The Morgan fingerprint density at radius 3 is 2.47 bits per heavy atom. The van der Waals surface area contributed by atoms with Crippen molar-refractivity contribution < 1.29 is 9.15 Å². The van der Waals surface area contributed by atoms with Crippen LogP contribution in [0, 0.1) is 0 Å². The largest absolute Gasteiger partial charge is 0.471 e. The van der Waals surface area contributed by atoms with Crippen LogP contribution in [0.2, 0.25) is 15.1 Å². The molecule has 4 aromatic rings. The molecule has 0 fully saturated rings. The smallest absolute Gasteiger partial charge is 0.336 e. The highest BCUT2D eigenvalue weighted by Gasteiger charge is 2.26. The van der Waals surface area contributed by atoms with Crippen LogP contribution < -0.4 is 15.3 Å². The third-order valence-corrected chi connectivity index (χ3v) is 5.90. The number of halogens is 3. The number of nitrogens with zero attached hydrogens (tertiary/aromatic N) is 1. The Balaban J connectivity index is 1.70. The van der Waals surface area contributed by atoms with E-state index < -0.39 is 5.63 Å². The van der Waals surface area contributed by atoms with Gasteiger partial charge in [0.2, 0.25) is 0 Å². The number of hydrogen-bond acceptors (Lipinski definition) is 4. The molecule has 0 amide bonds. The molecular formula is C23H14Cl3NO3. The molecule has 1 aliphatic rings. The standard InChI is InChI=1S/C23H14Cl3NO3/c24-14-6-7-20(18(25)8-14)27-11-17-22-16(9-19(26)23(17)29-12-27)15(10-21(28)30-22)13-4-2-1-3-5-13/h1-10H,11-12H2. The van der Waals surface area contributed by atoms with E-state index in [0.717, 1.165) is 22.2 Å². The van der Waals surface area contributed by atoms with E-state index in [9.17, 15) is 4.79 Å². The average Bonchev–Trinajstić information content (AvgIpc) is 2.74. The van der Waals surface area contributed by atoms with Crippen molar-refractivity contribution in [3.8, 4) is 16.9 Å². The summed E-state index contributed by atoms with van der Waals surface area (Å²) in [7, 11) is 0. The van der Waals surface area contributed by atoms with Crippen LogP contribution in [0.15, 0.2) is 69.9 Å². The van der Waals surface area contributed by atoms with Crippen LogP contribution in [0.5, 0.6) is 5.75 Å². The molecular weight excluding hydrogens is 445 g/mol. The molecule has 1 aromatic heterocycles. The quantitative estimate of drug-likeness (QED) is 0.311. The molecule has 7 heteroatoms. The summed E-state index contributed by atoms with van der Waals surface area (Å²) >= 11 is 19.0. The van der Waals surface area contributed by atoms with Crippen LogP contribution in [-0.2, 0) is 6.54 Å². The van der Waals surface area contributed by atoms with Crippen LogP contribution in [0.4, 0.5) is 5.69 Å². The minimum atomic E-state index is -0.437. The van der Waals surface area contributed by atoms with Gasteiger partial charge in [0.25, 0.3) is 0 Å². The number of rotatable bonds is 2. The molecule has 0 saturated heterocycles. The monoisotopic (exact) mass is 457 g/mol. The maximum atomic E-state index is 12.4.